The second-order valence-corrected chi connectivity index (χ2v) is 5.56. The third kappa shape index (κ3) is 3.51. The standard InChI is InChI=1S/C17H19N5O2/c1-3-4-15-9-16(21-24-15)17(23)20-12(2)13-5-7-14(8-6-13)22-11-18-10-19-22/h5-12H,3-4H2,1-2H3,(H,20,23)/t12-/m0/s1. The van der Waals surface area contributed by atoms with Crippen LogP contribution in [0, 0.1) is 0 Å². The summed E-state index contributed by atoms with van der Waals surface area (Å²) in [6.07, 6.45) is 4.85. The van der Waals surface area contributed by atoms with E-state index in [4.69, 9.17) is 4.52 Å². The summed E-state index contributed by atoms with van der Waals surface area (Å²) in [5.74, 6) is 0.487. The molecule has 24 heavy (non-hydrogen) atoms. The van der Waals surface area contributed by atoms with Crippen molar-refractivity contribution in [3.8, 4) is 5.69 Å². The first-order valence-electron chi connectivity index (χ1n) is 7.88. The van der Waals surface area contributed by atoms with Crippen LogP contribution in [0.15, 0.2) is 47.5 Å². The summed E-state index contributed by atoms with van der Waals surface area (Å²) in [6, 6.07) is 9.32. The number of aryl methyl sites for hydroxylation is 1. The van der Waals surface area contributed by atoms with Gasteiger partial charge < -0.3 is 9.84 Å². The molecule has 1 atom stereocenters. The second kappa shape index (κ2) is 7.08. The smallest absolute Gasteiger partial charge is 0.273 e. The average Bonchev–Trinajstić information content (AvgIpc) is 3.27. The molecular formula is C17H19N5O2. The molecule has 3 aromatic rings. The largest absolute Gasteiger partial charge is 0.361 e. The van der Waals surface area contributed by atoms with Crippen LogP contribution < -0.4 is 5.32 Å². The second-order valence-electron chi connectivity index (χ2n) is 5.56. The Morgan fingerprint density at radius 1 is 1.33 bits per heavy atom. The fraction of sp³-hybridized carbons (Fsp3) is 0.294. The number of aromatic nitrogens is 4. The molecule has 7 heteroatoms. The Kier molecular flexibility index (Phi) is 4.69. The fourth-order valence-corrected chi connectivity index (χ4v) is 2.40. The molecule has 0 fully saturated rings. The van der Waals surface area contributed by atoms with Crippen molar-refractivity contribution in [2.75, 3.05) is 0 Å². The van der Waals surface area contributed by atoms with E-state index in [2.05, 4.69) is 20.6 Å². The number of nitrogens with zero attached hydrogens (tertiary/aromatic N) is 4. The van der Waals surface area contributed by atoms with Crippen molar-refractivity contribution in [2.45, 2.75) is 32.7 Å². The maximum Gasteiger partial charge on any atom is 0.273 e. The Morgan fingerprint density at radius 3 is 2.79 bits per heavy atom. The van der Waals surface area contributed by atoms with Gasteiger partial charge in [0.15, 0.2) is 5.69 Å². The molecule has 0 aliphatic rings. The summed E-state index contributed by atoms with van der Waals surface area (Å²) >= 11 is 0. The lowest BCUT2D eigenvalue weighted by Gasteiger charge is -2.13. The predicted octanol–water partition coefficient (Wildman–Crippen LogP) is 2.70. The molecule has 1 amide bonds. The number of benzene rings is 1. The van der Waals surface area contributed by atoms with Crippen LogP contribution in [0.5, 0.6) is 0 Å². The van der Waals surface area contributed by atoms with Gasteiger partial charge in [-0.1, -0.05) is 24.2 Å². The van der Waals surface area contributed by atoms with Crippen LogP contribution in [-0.2, 0) is 6.42 Å². The van der Waals surface area contributed by atoms with Gasteiger partial charge in [-0.2, -0.15) is 5.10 Å². The predicted molar refractivity (Wildman–Crippen MR) is 87.7 cm³/mol. The highest BCUT2D eigenvalue weighted by atomic mass is 16.5. The quantitative estimate of drug-likeness (QED) is 0.753. The lowest BCUT2D eigenvalue weighted by molar-refractivity contribution is 0.0930. The molecular weight excluding hydrogens is 306 g/mol. The zero-order chi connectivity index (χ0) is 16.9. The van der Waals surface area contributed by atoms with Gasteiger partial charge in [-0.3, -0.25) is 4.79 Å². The van der Waals surface area contributed by atoms with Crippen LogP contribution in [0.3, 0.4) is 0 Å². The van der Waals surface area contributed by atoms with E-state index in [1.807, 2.05) is 38.1 Å². The van der Waals surface area contributed by atoms with Crippen LogP contribution in [0.4, 0.5) is 0 Å². The van der Waals surface area contributed by atoms with Crippen molar-refractivity contribution in [1.82, 2.24) is 25.2 Å². The third-order valence-corrected chi connectivity index (χ3v) is 3.71. The molecule has 0 radical (unpaired) electrons. The van der Waals surface area contributed by atoms with Gasteiger partial charge in [0.1, 0.15) is 18.4 Å². The topological polar surface area (TPSA) is 85.8 Å². The minimum Gasteiger partial charge on any atom is -0.361 e. The molecule has 0 aliphatic carbocycles. The van der Waals surface area contributed by atoms with Gasteiger partial charge in [0.05, 0.1) is 11.7 Å². The molecule has 124 valence electrons. The molecule has 3 rings (SSSR count). The zero-order valence-corrected chi connectivity index (χ0v) is 13.6. The number of hydrogen-bond donors (Lipinski definition) is 1. The highest BCUT2D eigenvalue weighted by Crippen LogP contribution is 2.16. The van der Waals surface area contributed by atoms with Crippen LogP contribution in [0.25, 0.3) is 5.69 Å². The number of rotatable bonds is 6. The van der Waals surface area contributed by atoms with Crippen molar-refractivity contribution in [1.29, 1.82) is 0 Å². The summed E-state index contributed by atoms with van der Waals surface area (Å²) in [5, 5.41) is 10.8. The summed E-state index contributed by atoms with van der Waals surface area (Å²) in [4.78, 5) is 16.2. The molecule has 2 heterocycles. The molecule has 2 aromatic heterocycles. The highest BCUT2D eigenvalue weighted by Gasteiger charge is 2.15. The molecule has 0 saturated heterocycles. The molecule has 1 N–H and O–H groups in total. The van der Waals surface area contributed by atoms with E-state index in [9.17, 15) is 4.79 Å². The monoisotopic (exact) mass is 325 g/mol. The van der Waals surface area contributed by atoms with E-state index in [0.29, 0.717) is 5.69 Å². The Bertz CT molecular complexity index is 793. The van der Waals surface area contributed by atoms with E-state index >= 15 is 0 Å². The van der Waals surface area contributed by atoms with Crippen molar-refractivity contribution >= 4 is 5.91 Å². The Labute approximate surface area is 139 Å². The normalized spacial score (nSPS) is 12.1. The Balaban J connectivity index is 1.65. The Morgan fingerprint density at radius 2 is 2.12 bits per heavy atom. The van der Waals surface area contributed by atoms with E-state index < -0.39 is 0 Å². The van der Waals surface area contributed by atoms with Crippen LogP contribution in [0.1, 0.15) is 48.1 Å². The van der Waals surface area contributed by atoms with Gasteiger partial charge in [0.2, 0.25) is 0 Å². The first-order chi connectivity index (χ1) is 11.7. The van der Waals surface area contributed by atoms with E-state index in [1.165, 1.54) is 6.33 Å². The number of amides is 1. The Hall–Kier alpha value is -2.96. The number of nitrogens with one attached hydrogen (secondary N) is 1. The number of hydrogen-bond acceptors (Lipinski definition) is 5. The zero-order valence-electron chi connectivity index (χ0n) is 13.6. The average molecular weight is 325 g/mol. The van der Waals surface area contributed by atoms with Crippen LogP contribution in [-0.4, -0.2) is 25.8 Å². The van der Waals surface area contributed by atoms with Crippen LogP contribution >= 0.6 is 0 Å². The number of carbonyl (C=O) groups excluding carboxylic acids is 1. The third-order valence-electron chi connectivity index (χ3n) is 3.71. The lowest BCUT2D eigenvalue weighted by Crippen LogP contribution is -2.26. The molecule has 0 saturated carbocycles. The minimum atomic E-state index is -0.242. The summed E-state index contributed by atoms with van der Waals surface area (Å²) < 4.78 is 6.82. The van der Waals surface area contributed by atoms with Crippen molar-refractivity contribution in [3.05, 3.63) is 60.0 Å². The van der Waals surface area contributed by atoms with Gasteiger partial charge in [-0.15, -0.1) is 0 Å². The molecule has 1 aromatic carbocycles. The maximum absolute atomic E-state index is 12.2. The van der Waals surface area contributed by atoms with Gasteiger partial charge in [-0.25, -0.2) is 9.67 Å². The van der Waals surface area contributed by atoms with Crippen molar-refractivity contribution in [2.24, 2.45) is 0 Å². The first kappa shape index (κ1) is 15.9. The van der Waals surface area contributed by atoms with Gasteiger partial charge in [-0.05, 0) is 31.0 Å². The molecule has 0 unspecified atom stereocenters. The summed E-state index contributed by atoms with van der Waals surface area (Å²) in [5.41, 5.74) is 2.21. The van der Waals surface area contributed by atoms with Gasteiger partial charge in [0.25, 0.3) is 5.91 Å². The SMILES string of the molecule is CCCc1cc(C(=O)N[C@@H](C)c2ccc(-n3cncn3)cc2)no1. The lowest BCUT2D eigenvalue weighted by atomic mass is 10.1. The van der Waals surface area contributed by atoms with Gasteiger partial charge >= 0.3 is 0 Å². The van der Waals surface area contributed by atoms with Crippen molar-refractivity contribution in [3.63, 3.8) is 0 Å². The van der Waals surface area contributed by atoms with E-state index in [1.54, 1.807) is 17.1 Å². The first-order valence-corrected chi connectivity index (χ1v) is 7.88. The molecule has 7 nitrogen and oxygen atoms in total. The maximum atomic E-state index is 12.2. The van der Waals surface area contributed by atoms with Crippen molar-refractivity contribution < 1.29 is 9.32 Å². The number of carbonyl (C=O) groups is 1. The molecule has 0 aliphatic heterocycles. The molecule has 0 bridgehead atoms. The van der Waals surface area contributed by atoms with E-state index in [0.717, 1.165) is 29.9 Å². The van der Waals surface area contributed by atoms with Crippen LogP contribution in [0.2, 0.25) is 0 Å². The summed E-state index contributed by atoms with van der Waals surface area (Å²) in [6.45, 7) is 3.97. The van der Waals surface area contributed by atoms with Gasteiger partial charge in [0, 0.05) is 12.5 Å². The highest BCUT2D eigenvalue weighted by molar-refractivity contribution is 5.92. The molecule has 0 spiro atoms. The van der Waals surface area contributed by atoms with E-state index in [-0.39, 0.29) is 11.9 Å². The summed E-state index contributed by atoms with van der Waals surface area (Å²) in [7, 11) is 0. The minimum absolute atomic E-state index is 0.145. The fourth-order valence-electron chi connectivity index (χ4n) is 2.40.